The van der Waals surface area contributed by atoms with Crippen molar-refractivity contribution in [3.8, 4) is 0 Å². The zero-order valence-corrected chi connectivity index (χ0v) is 30.5. The van der Waals surface area contributed by atoms with Crippen molar-refractivity contribution in [2.24, 2.45) is 5.92 Å². The number of carbonyl (C=O) groups is 2. The number of aliphatic hydroxyl groups excluding tert-OH is 1. The lowest BCUT2D eigenvalue weighted by Gasteiger charge is -2.32. The molecule has 5 atom stereocenters. The monoisotopic (exact) mass is 713 g/mol. The number of hydrogen-bond acceptors (Lipinski definition) is 7. The van der Waals surface area contributed by atoms with Crippen molar-refractivity contribution < 1.29 is 24.2 Å². The van der Waals surface area contributed by atoms with Gasteiger partial charge in [0.2, 0.25) is 5.91 Å². The van der Waals surface area contributed by atoms with Crippen molar-refractivity contribution in [1.29, 1.82) is 0 Å². The van der Waals surface area contributed by atoms with Gasteiger partial charge >= 0.3 is 0 Å². The summed E-state index contributed by atoms with van der Waals surface area (Å²) < 4.78 is 8.74. The molecule has 4 aromatic rings. The summed E-state index contributed by atoms with van der Waals surface area (Å²) in [5, 5.41) is 19.4. The average molecular weight is 714 g/mol. The van der Waals surface area contributed by atoms with E-state index in [-0.39, 0.29) is 35.8 Å². The van der Waals surface area contributed by atoms with Crippen LogP contribution in [-0.2, 0) is 33.0 Å². The van der Waals surface area contributed by atoms with Crippen LogP contribution in [0.15, 0.2) is 79.0 Å². The number of aromatic nitrogens is 3. The molecular formula is C38H44ClN5O5Si. The Kier molecular flexibility index (Phi) is 9.46. The molecule has 50 heavy (non-hydrogen) atoms. The van der Waals surface area contributed by atoms with Crippen LogP contribution >= 0.6 is 11.6 Å². The topological polar surface area (TPSA) is 121 Å². The lowest BCUT2D eigenvalue weighted by molar-refractivity contribution is -0.146. The van der Waals surface area contributed by atoms with Gasteiger partial charge in [-0.1, -0.05) is 66.2 Å². The van der Waals surface area contributed by atoms with Crippen molar-refractivity contribution >= 4 is 43.1 Å². The fourth-order valence-electron chi connectivity index (χ4n) is 8.46. The van der Waals surface area contributed by atoms with Crippen LogP contribution in [0.4, 0.5) is 11.4 Å². The van der Waals surface area contributed by atoms with Gasteiger partial charge in [0, 0.05) is 53.4 Å². The Morgan fingerprint density at radius 1 is 1.06 bits per heavy atom. The van der Waals surface area contributed by atoms with Gasteiger partial charge in [0.1, 0.15) is 0 Å². The number of halogens is 1. The second kappa shape index (κ2) is 13.7. The Bertz CT molecular complexity index is 1880. The summed E-state index contributed by atoms with van der Waals surface area (Å²) in [5.74, 6) is -0.687. The number of fused-ring (bicyclic) bond motifs is 2. The lowest BCUT2D eigenvalue weighted by atomic mass is 9.82. The third-order valence-electron chi connectivity index (χ3n) is 10.8. The van der Waals surface area contributed by atoms with E-state index in [1.165, 1.54) is 0 Å². The second-order valence-electron chi connectivity index (χ2n) is 14.4. The highest BCUT2D eigenvalue weighted by molar-refractivity contribution is 6.71. The molecule has 0 saturated carbocycles. The minimum absolute atomic E-state index is 0.0951. The first-order valence-electron chi connectivity index (χ1n) is 17.5. The highest BCUT2D eigenvalue weighted by atomic mass is 35.5. The number of benzene rings is 3. The fraction of sp³-hybridized carbons (Fsp3) is 0.421. The number of rotatable bonds is 10. The standard InChI is InChI=1S/C38H44ClN5O5Si/c1-25-36(50(2,3)48)34(17-19-42-23-32(40-41-42)30(24-45)27-11-5-4-6-12-27)49-38(25)31-21-28(39)15-16-33(31)44(37(38)47)22-26-10-9-13-29(20-26)43-18-8-7-14-35(43)46/h4-6,9-13,15-16,20-21,23,25,30,34,36,45,48H,7-8,14,17-19,22,24H2,1-3H3/t25-,30?,34+,36-,38+/m1/s1. The van der Waals surface area contributed by atoms with Gasteiger partial charge in [0.05, 0.1) is 36.6 Å². The Labute approximate surface area is 298 Å². The van der Waals surface area contributed by atoms with Gasteiger partial charge in [-0.25, -0.2) is 0 Å². The molecule has 1 unspecified atom stereocenters. The zero-order chi connectivity index (χ0) is 35.2. The minimum Gasteiger partial charge on any atom is -0.432 e. The summed E-state index contributed by atoms with van der Waals surface area (Å²) in [4.78, 5) is 42.9. The molecule has 3 aliphatic rings. The third kappa shape index (κ3) is 6.19. The van der Waals surface area contributed by atoms with Crippen LogP contribution in [0, 0.1) is 5.92 Å². The molecule has 2 fully saturated rings. The van der Waals surface area contributed by atoms with Gasteiger partial charge in [-0.15, -0.1) is 5.10 Å². The van der Waals surface area contributed by atoms with Crippen molar-refractivity contribution in [3.63, 3.8) is 0 Å². The maximum Gasteiger partial charge on any atom is 0.264 e. The number of piperidine rings is 1. The largest absolute Gasteiger partial charge is 0.432 e. The molecule has 10 nitrogen and oxygen atoms in total. The molecule has 3 aliphatic heterocycles. The Morgan fingerprint density at radius 3 is 2.60 bits per heavy atom. The normalized spacial score (nSPS) is 24.3. The lowest BCUT2D eigenvalue weighted by Crippen LogP contribution is -2.46. The number of ether oxygens (including phenoxy) is 1. The third-order valence-corrected chi connectivity index (χ3v) is 13.5. The minimum atomic E-state index is -2.88. The first kappa shape index (κ1) is 34.6. The van der Waals surface area contributed by atoms with Gasteiger partial charge in [0.25, 0.3) is 5.91 Å². The molecule has 262 valence electrons. The van der Waals surface area contributed by atoms with E-state index in [0.717, 1.165) is 35.3 Å². The van der Waals surface area contributed by atoms with Gasteiger partial charge in [-0.3, -0.25) is 14.3 Å². The first-order chi connectivity index (χ1) is 24.0. The van der Waals surface area contributed by atoms with Crippen LogP contribution in [0.2, 0.25) is 23.7 Å². The molecule has 3 aromatic carbocycles. The van der Waals surface area contributed by atoms with E-state index < -0.39 is 20.0 Å². The summed E-state index contributed by atoms with van der Waals surface area (Å²) in [6, 6.07) is 23.1. The van der Waals surface area contributed by atoms with Crippen molar-refractivity contribution in [2.75, 3.05) is 23.0 Å². The number of amides is 2. The second-order valence-corrected chi connectivity index (χ2v) is 18.8. The summed E-state index contributed by atoms with van der Waals surface area (Å²) in [7, 11) is -2.88. The van der Waals surface area contributed by atoms with Gasteiger partial charge < -0.3 is 24.4 Å². The highest BCUT2D eigenvalue weighted by Gasteiger charge is 2.66. The number of aryl methyl sites for hydroxylation is 1. The van der Waals surface area contributed by atoms with Crippen molar-refractivity contribution in [3.05, 3.63) is 106 Å². The molecular weight excluding hydrogens is 670 g/mol. The quantitative estimate of drug-likeness (QED) is 0.193. The number of anilines is 2. The van der Waals surface area contributed by atoms with E-state index in [1.807, 2.05) is 97.8 Å². The summed E-state index contributed by atoms with van der Waals surface area (Å²) in [5.41, 5.74) is 3.24. The van der Waals surface area contributed by atoms with Crippen molar-refractivity contribution in [1.82, 2.24) is 15.0 Å². The number of nitrogens with zero attached hydrogens (tertiary/aromatic N) is 5. The van der Waals surface area contributed by atoms with E-state index >= 15 is 0 Å². The molecule has 0 aliphatic carbocycles. The summed E-state index contributed by atoms with van der Waals surface area (Å²) >= 11 is 6.60. The van der Waals surface area contributed by atoms with E-state index in [1.54, 1.807) is 15.6 Å². The number of aliphatic hydroxyl groups is 1. The van der Waals surface area contributed by atoms with Crippen molar-refractivity contribution in [2.45, 2.75) is 82.0 Å². The number of carbonyl (C=O) groups excluding carboxylic acids is 2. The molecule has 1 spiro atoms. The molecule has 0 bridgehead atoms. The van der Waals surface area contributed by atoms with Crippen LogP contribution in [0.5, 0.6) is 0 Å². The van der Waals surface area contributed by atoms with Crippen LogP contribution in [0.1, 0.15) is 60.9 Å². The Balaban J connectivity index is 1.17. The molecule has 4 heterocycles. The molecule has 2 N–H and O–H groups in total. The predicted molar refractivity (Wildman–Crippen MR) is 194 cm³/mol. The highest BCUT2D eigenvalue weighted by Crippen LogP contribution is 2.60. The molecule has 1 aromatic heterocycles. The summed E-state index contributed by atoms with van der Waals surface area (Å²) in [6.07, 6.45) is 4.33. The van der Waals surface area contributed by atoms with E-state index in [2.05, 4.69) is 10.3 Å². The SMILES string of the molecule is C[C@@H]1[C@@H]([Si](C)(C)O)[C@H](CCn2cc(C(CO)c3ccccc3)nn2)O[C@@]12C(=O)N(Cc1cccc(N3CCCCC3=O)c1)c1ccc(Cl)cc12. The molecule has 2 amide bonds. The Morgan fingerprint density at radius 2 is 1.86 bits per heavy atom. The summed E-state index contributed by atoms with van der Waals surface area (Å²) in [6.45, 7) is 7.18. The molecule has 7 rings (SSSR count). The van der Waals surface area contributed by atoms with Crippen LogP contribution in [-0.4, -0.2) is 64.3 Å². The molecule has 0 radical (unpaired) electrons. The number of hydrogen-bond donors (Lipinski definition) is 2. The van der Waals surface area contributed by atoms with Crippen LogP contribution < -0.4 is 9.80 Å². The van der Waals surface area contributed by atoms with E-state index in [0.29, 0.717) is 48.8 Å². The average Bonchev–Trinajstić information content (AvgIpc) is 3.75. The maximum atomic E-state index is 14.9. The Hall–Kier alpha value is -3.87. The van der Waals surface area contributed by atoms with Crippen LogP contribution in [0.3, 0.4) is 0 Å². The van der Waals surface area contributed by atoms with Crippen LogP contribution in [0.25, 0.3) is 0 Å². The van der Waals surface area contributed by atoms with Gasteiger partial charge in [0.15, 0.2) is 13.9 Å². The smallest absolute Gasteiger partial charge is 0.264 e. The zero-order valence-electron chi connectivity index (χ0n) is 28.7. The maximum absolute atomic E-state index is 14.9. The van der Waals surface area contributed by atoms with Gasteiger partial charge in [-0.2, -0.15) is 0 Å². The molecule has 2 saturated heterocycles. The van der Waals surface area contributed by atoms with Gasteiger partial charge in [-0.05, 0) is 73.8 Å². The molecule has 12 heteroatoms. The predicted octanol–water partition coefficient (Wildman–Crippen LogP) is 6.01. The van der Waals surface area contributed by atoms with E-state index in [9.17, 15) is 19.5 Å². The fourth-order valence-corrected chi connectivity index (χ4v) is 11.2. The van der Waals surface area contributed by atoms with E-state index in [4.69, 9.17) is 16.3 Å². The first-order valence-corrected chi connectivity index (χ1v) is 20.9.